The van der Waals surface area contributed by atoms with Crippen LogP contribution in [0.4, 0.5) is 0 Å². The molecular weight excluding hydrogens is 275 g/mol. The zero-order valence-electron chi connectivity index (χ0n) is 21.9. The van der Waals surface area contributed by atoms with Gasteiger partial charge in [-0.1, -0.05) is 48.3 Å². The summed E-state index contributed by atoms with van der Waals surface area (Å²) in [5.74, 6) is 0. The second kappa shape index (κ2) is 5.02. The van der Waals surface area contributed by atoms with Crippen LogP contribution in [0.1, 0.15) is 15.1 Å². The topological polar surface area (TPSA) is 53.6 Å². The molecule has 0 aliphatic rings. The maximum Gasteiger partial charge on any atom is 0.488 e. The molecule has 0 unspecified atom stereocenters. The van der Waals surface area contributed by atoms with E-state index in [9.17, 15) is 10.0 Å². The summed E-state index contributed by atoms with van der Waals surface area (Å²) in [7, 11) is -2.30. The fourth-order valence-corrected chi connectivity index (χ4v) is 2.00. The van der Waals surface area contributed by atoms with E-state index in [1.54, 1.807) is 0 Å². The van der Waals surface area contributed by atoms with Gasteiger partial charge in [0, 0.05) is 10.8 Å². The van der Waals surface area contributed by atoms with E-state index in [2.05, 4.69) is 0 Å². The van der Waals surface area contributed by atoms with Crippen molar-refractivity contribution >= 4 is 34.5 Å². The molecule has 1 heterocycles. The molecule has 1 aromatic heterocycles. The molecule has 0 aliphatic heterocycles. The van der Waals surface area contributed by atoms with E-state index in [4.69, 9.17) is 19.5 Å². The molecule has 106 valence electrons. The third kappa shape index (κ3) is 2.10. The Hall–Kier alpha value is -2.56. The SMILES string of the molecule is [2H]c1c([2H])c(-c2c([2H])c([2H])c3c(oc4c([2H])c([2H])c([2H])c([2H])c43)c2[2H])c([2H])c([2H])c1B(O)O. The maximum absolute atomic E-state index is 9.43. The van der Waals surface area contributed by atoms with Crippen molar-refractivity contribution < 1.29 is 29.5 Å². The number of hydrogen-bond donors (Lipinski definition) is 2. The molecule has 0 saturated carbocycles. The van der Waals surface area contributed by atoms with E-state index in [1.165, 1.54) is 0 Å². The minimum atomic E-state index is -2.30. The Morgan fingerprint density at radius 1 is 0.773 bits per heavy atom. The van der Waals surface area contributed by atoms with Gasteiger partial charge in [0.2, 0.25) is 0 Å². The quantitative estimate of drug-likeness (QED) is 0.560. The predicted octanol–water partition coefficient (Wildman–Crippen LogP) is 2.93. The molecule has 0 amide bonds. The van der Waals surface area contributed by atoms with Crippen molar-refractivity contribution in [2.75, 3.05) is 0 Å². The lowest BCUT2D eigenvalue weighted by Gasteiger charge is -2.04. The number of rotatable bonds is 2. The van der Waals surface area contributed by atoms with Crippen molar-refractivity contribution in [3.8, 4) is 11.1 Å². The first-order valence-electron chi connectivity index (χ1n) is 11.7. The molecule has 2 N–H and O–H groups in total. The normalized spacial score (nSPS) is 18.2. The Kier molecular flexibility index (Phi) is 1.35. The largest absolute Gasteiger partial charge is 0.488 e. The van der Waals surface area contributed by atoms with Crippen molar-refractivity contribution in [2.24, 2.45) is 0 Å². The Bertz CT molecular complexity index is 1480. The summed E-state index contributed by atoms with van der Waals surface area (Å²) >= 11 is 0. The average molecular weight is 299 g/mol. The highest BCUT2D eigenvalue weighted by Gasteiger charge is 2.11. The molecule has 0 saturated heterocycles. The molecule has 0 atom stereocenters. The highest BCUT2D eigenvalue weighted by atomic mass is 16.4. The lowest BCUT2D eigenvalue weighted by atomic mass is 9.80. The Morgan fingerprint density at radius 3 is 2.23 bits per heavy atom. The van der Waals surface area contributed by atoms with Gasteiger partial charge in [0.05, 0.1) is 15.1 Å². The van der Waals surface area contributed by atoms with Gasteiger partial charge in [0.1, 0.15) is 11.2 Å². The number of hydrogen-bond acceptors (Lipinski definition) is 3. The summed E-state index contributed by atoms with van der Waals surface area (Å²) in [6, 6.07) is -7.24. The lowest BCUT2D eigenvalue weighted by Crippen LogP contribution is -2.29. The maximum atomic E-state index is 9.43. The van der Waals surface area contributed by atoms with Crippen LogP contribution in [-0.2, 0) is 0 Å². The first-order chi connectivity index (χ1) is 15.3. The predicted molar refractivity (Wildman–Crippen MR) is 89.0 cm³/mol. The third-order valence-electron chi connectivity index (χ3n) is 3.04. The van der Waals surface area contributed by atoms with Gasteiger partial charge in [-0.25, -0.2) is 0 Å². The van der Waals surface area contributed by atoms with E-state index in [0.717, 1.165) is 0 Å². The molecule has 0 radical (unpaired) electrons. The zero-order chi connectivity index (χ0) is 24.7. The molecule has 3 aromatic carbocycles. The van der Waals surface area contributed by atoms with Crippen LogP contribution < -0.4 is 5.46 Å². The van der Waals surface area contributed by atoms with Gasteiger partial charge in [-0.15, -0.1) is 0 Å². The molecule has 4 heteroatoms. The van der Waals surface area contributed by atoms with Crippen LogP contribution in [0, 0.1) is 0 Å². The van der Waals surface area contributed by atoms with Gasteiger partial charge in [0.25, 0.3) is 0 Å². The van der Waals surface area contributed by atoms with Crippen LogP contribution in [-0.4, -0.2) is 17.2 Å². The third-order valence-corrected chi connectivity index (χ3v) is 3.04. The van der Waals surface area contributed by atoms with Crippen LogP contribution in [0.2, 0.25) is 0 Å². The zero-order valence-corrected chi connectivity index (χ0v) is 10.9. The van der Waals surface area contributed by atoms with Crippen LogP contribution >= 0.6 is 0 Å². The minimum absolute atomic E-state index is 0.187. The summed E-state index contributed by atoms with van der Waals surface area (Å²) in [5, 5.41) is 18.5. The molecule has 0 spiro atoms. The number of para-hydroxylation sites is 1. The number of benzene rings is 3. The minimum Gasteiger partial charge on any atom is -0.456 e. The smallest absolute Gasteiger partial charge is 0.456 e. The summed E-state index contributed by atoms with van der Waals surface area (Å²) in [5.41, 5.74) is -2.41. The number of furan rings is 1. The van der Waals surface area contributed by atoms with Gasteiger partial charge in [-0.2, -0.15) is 0 Å². The van der Waals surface area contributed by atoms with Gasteiger partial charge < -0.3 is 14.5 Å². The summed E-state index contributed by atoms with van der Waals surface area (Å²) in [6.07, 6.45) is 0. The van der Waals surface area contributed by atoms with E-state index in [0.29, 0.717) is 0 Å². The Morgan fingerprint density at radius 2 is 1.45 bits per heavy atom. The first kappa shape index (κ1) is 5.91. The van der Waals surface area contributed by atoms with Crippen molar-refractivity contribution in [3.05, 3.63) is 66.5 Å². The molecule has 4 rings (SSSR count). The molecule has 0 fully saturated rings. The standard InChI is InChI=1S/C18H13BO3/c20-19(21)14-8-5-12(6-9-14)13-7-10-16-15-3-1-2-4-17(15)22-18(16)11-13/h1-11,20-21H/i1D,2D,3D,4D,5D,6D,7D,8D,9D,10D,11D. The fourth-order valence-electron chi connectivity index (χ4n) is 2.00. The molecule has 3 nitrogen and oxygen atoms in total. The van der Waals surface area contributed by atoms with Gasteiger partial charge in [-0.3, -0.25) is 0 Å². The highest BCUT2D eigenvalue weighted by Crippen LogP contribution is 2.31. The Balaban J connectivity index is 2.23. The molecule has 22 heavy (non-hydrogen) atoms. The second-order valence-electron chi connectivity index (χ2n) is 4.42. The fraction of sp³-hybridized carbons (Fsp3) is 0. The van der Waals surface area contributed by atoms with E-state index in [1.807, 2.05) is 0 Å². The van der Waals surface area contributed by atoms with Gasteiger partial charge in [0.15, 0.2) is 0 Å². The first-order valence-corrected chi connectivity index (χ1v) is 6.21. The molecular formula is C18H13BO3. The van der Waals surface area contributed by atoms with Crippen LogP contribution in [0.25, 0.3) is 33.1 Å². The monoisotopic (exact) mass is 299 g/mol. The molecule has 0 aliphatic carbocycles. The van der Waals surface area contributed by atoms with Crippen molar-refractivity contribution in [1.29, 1.82) is 0 Å². The summed E-state index contributed by atoms with van der Waals surface area (Å²) in [6.45, 7) is 0. The molecule has 4 aromatic rings. The van der Waals surface area contributed by atoms with Gasteiger partial charge in [-0.05, 0) is 34.7 Å². The van der Waals surface area contributed by atoms with Crippen LogP contribution in [0.15, 0.2) is 70.9 Å². The van der Waals surface area contributed by atoms with Gasteiger partial charge >= 0.3 is 7.12 Å². The second-order valence-corrected chi connectivity index (χ2v) is 4.42. The van der Waals surface area contributed by atoms with Crippen molar-refractivity contribution in [3.63, 3.8) is 0 Å². The molecule has 0 bridgehead atoms. The van der Waals surface area contributed by atoms with Crippen LogP contribution in [0.5, 0.6) is 0 Å². The lowest BCUT2D eigenvalue weighted by molar-refractivity contribution is 0.426. The van der Waals surface area contributed by atoms with E-state index >= 15 is 0 Å². The summed E-state index contributed by atoms with van der Waals surface area (Å²) < 4.78 is 95.3. The van der Waals surface area contributed by atoms with E-state index < -0.39 is 90.2 Å². The average Bonchev–Trinajstić information content (AvgIpc) is 3.16. The van der Waals surface area contributed by atoms with Crippen molar-refractivity contribution in [1.82, 2.24) is 0 Å². The van der Waals surface area contributed by atoms with Crippen LogP contribution in [0.3, 0.4) is 0 Å². The Labute approximate surface area is 143 Å². The summed E-state index contributed by atoms with van der Waals surface area (Å²) in [4.78, 5) is 0. The number of fused-ring (bicyclic) bond motifs is 3. The van der Waals surface area contributed by atoms with Crippen molar-refractivity contribution in [2.45, 2.75) is 0 Å². The highest BCUT2D eigenvalue weighted by molar-refractivity contribution is 6.58. The van der Waals surface area contributed by atoms with E-state index in [-0.39, 0.29) is 21.9 Å².